The maximum absolute atomic E-state index is 11.7. The Hall–Kier alpha value is -1.46. The molecule has 5 nitrogen and oxygen atoms in total. The van der Waals surface area contributed by atoms with E-state index in [-0.39, 0.29) is 5.91 Å². The second kappa shape index (κ2) is 6.12. The fourth-order valence-electron chi connectivity index (χ4n) is 2.43. The summed E-state index contributed by atoms with van der Waals surface area (Å²) >= 11 is 0. The Morgan fingerprint density at radius 2 is 2.00 bits per heavy atom. The number of carbonyl (C=O) groups is 1. The molecule has 0 radical (unpaired) electrons. The molecular formula is C14H21N3O2. The van der Waals surface area contributed by atoms with Crippen molar-refractivity contribution in [3.05, 3.63) is 30.1 Å². The third kappa shape index (κ3) is 3.30. The average Bonchev–Trinajstić information content (AvgIpc) is 2.46. The van der Waals surface area contributed by atoms with Crippen LogP contribution in [0.4, 0.5) is 0 Å². The van der Waals surface area contributed by atoms with Crippen LogP contribution in [0.3, 0.4) is 0 Å². The SMILES string of the molecule is CC(O)C(=O)N1CCN(C(C)c2cccnc2)CC1. The largest absolute Gasteiger partial charge is 0.384 e. The van der Waals surface area contributed by atoms with E-state index in [1.807, 2.05) is 12.3 Å². The molecule has 0 spiro atoms. The van der Waals surface area contributed by atoms with Gasteiger partial charge in [0.05, 0.1) is 0 Å². The fourth-order valence-corrected chi connectivity index (χ4v) is 2.43. The molecule has 2 heterocycles. The number of aromatic nitrogens is 1. The molecule has 0 aliphatic carbocycles. The predicted molar refractivity (Wildman–Crippen MR) is 72.5 cm³/mol. The number of amides is 1. The highest BCUT2D eigenvalue weighted by Gasteiger charge is 2.26. The summed E-state index contributed by atoms with van der Waals surface area (Å²) in [5.41, 5.74) is 1.19. The molecule has 1 aliphatic heterocycles. The molecule has 1 amide bonds. The molecular weight excluding hydrogens is 242 g/mol. The number of aliphatic hydroxyl groups is 1. The van der Waals surface area contributed by atoms with Crippen LogP contribution in [-0.2, 0) is 4.79 Å². The van der Waals surface area contributed by atoms with Crippen molar-refractivity contribution in [1.82, 2.24) is 14.8 Å². The summed E-state index contributed by atoms with van der Waals surface area (Å²) in [5.74, 6) is -0.173. The van der Waals surface area contributed by atoms with Gasteiger partial charge in [-0.25, -0.2) is 0 Å². The Kier molecular flexibility index (Phi) is 4.50. The van der Waals surface area contributed by atoms with E-state index in [2.05, 4.69) is 22.9 Å². The summed E-state index contributed by atoms with van der Waals surface area (Å²) in [4.78, 5) is 19.9. The van der Waals surface area contributed by atoms with Gasteiger partial charge < -0.3 is 10.0 Å². The number of nitrogens with zero attached hydrogens (tertiary/aromatic N) is 3. The lowest BCUT2D eigenvalue weighted by atomic mass is 10.1. The lowest BCUT2D eigenvalue weighted by molar-refractivity contribution is -0.141. The Morgan fingerprint density at radius 1 is 1.32 bits per heavy atom. The van der Waals surface area contributed by atoms with Gasteiger partial charge in [0.2, 0.25) is 0 Å². The van der Waals surface area contributed by atoms with Gasteiger partial charge in [-0.3, -0.25) is 14.7 Å². The van der Waals surface area contributed by atoms with Gasteiger partial charge in [-0.05, 0) is 25.5 Å². The second-order valence-corrected chi connectivity index (χ2v) is 5.00. The lowest BCUT2D eigenvalue weighted by Crippen LogP contribution is -2.51. The third-order valence-electron chi connectivity index (χ3n) is 3.70. The van der Waals surface area contributed by atoms with Crippen molar-refractivity contribution in [1.29, 1.82) is 0 Å². The van der Waals surface area contributed by atoms with Crippen LogP contribution in [0.5, 0.6) is 0 Å². The Balaban J connectivity index is 1.91. The Labute approximate surface area is 113 Å². The molecule has 2 atom stereocenters. The van der Waals surface area contributed by atoms with E-state index in [4.69, 9.17) is 0 Å². The quantitative estimate of drug-likeness (QED) is 0.871. The summed E-state index contributed by atoms with van der Waals surface area (Å²) in [6, 6.07) is 4.32. The van der Waals surface area contributed by atoms with Crippen LogP contribution in [0.15, 0.2) is 24.5 Å². The van der Waals surface area contributed by atoms with E-state index < -0.39 is 6.10 Å². The zero-order chi connectivity index (χ0) is 13.8. The van der Waals surface area contributed by atoms with E-state index in [1.54, 1.807) is 11.1 Å². The molecule has 1 aliphatic rings. The van der Waals surface area contributed by atoms with Crippen molar-refractivity contribution >= 4 is 5.91 Å². The average molecular weight is 263 g/mol. The van der Waals surface area contributed by atoms with Crippen LogP contribution in [0.25, 0.3) is 0 Å². The zero-order valence-corrected chi connectivity index (χ0v) is 11.5. The number of pyridine rings is 1. The summed E-state index contributed by atoms with van der Waals surface area (Å²) < 4.78 is 0. The van der Waals surface area contributed by atoms with Gasteiger partial charge in [-0.1, -0.05) is 6.07 Å². The van der Waals surface area contributed by atoms with E-state index >= 15 is 0 Å². The summed E-state index contributed by atoms with van der Waals surface area (Å²) in [6.45, 7) is 6.68. The van der Waals surface area contributed by atoms with Gasteiger partial charge in [0.25, 0.3) is 5.91 Å². The van der Waals surface area contributed by atoms with E-state index in [1.165, 1.54) is 12.5 Å². The van der Waals surface area contributed by atoms with Crippen LogP contribution in [-0.4, -0.2) is 58.1 Å². The van der Waals surface area contributed by atoms with Crippen LogP contribution in [0.1, 0.15) is 25.5 Å². The van der Waals surface area contributed by atoms with Crippen LogP contribution < -0.4 is 0 Å². The molecule has 0 bridgehead atoms. The molecule has 1 N–H and O–H groups in total. The number of carbonyl (C=O) groups excluding carboxylic acids is 1. The first kappa shape index (κ1) is 14.0. The fraction of sp³-hybridized carbons (Fsp3) is 0.571. The maximum atomic E-state index is 11.7. The van der Waals surface area contributed by atoms with Crippen molar-refractivity contribution < 1.29 is 9.90 Å². The lowest BCUT2D eigenvalue weighted by Gasteiger charge is -2.38. The number of aliphatic hydroxyl groups excluding tert-OH is 1. The first-order valence-electron chi connectivity index (χ1n) is 6.70. The molecule has 19 heavy (non-hydrogen) atoms. The molecule has 104 valence electrons. The van der Waals surface area contributed by atoms with Gasteiger partial charge in [-0.15, -0.1) is 0 Å². The number of rotatable bonds is 3. The predicted octanol–water partition coefficient (Wildman–Crippen LogP) is 0.668. The van der Waals surface area contributed by atoms with Crippen LogP contribution in [0, 0.1) is 0 Å². The number of hydrogen-bond donors (Lipinski definition) is 1. The van der Waals surface area contributed by atoms with E-state index in [0.29, 0.717) is 19.1 Å². The van der Waals surface area contributed by atoms with Crippen molar-refractivity contribution in [2.45, 2.75) is 26.0 Å². The van der Waals surface area contributed by atoms with Gasteiger partial charge >= 0.3 is 0 Å². The van der Waals surface area contributed by atoms with Crippen molar-refractivity contribution in [2.24, 2.45) is 0 Å². The maximum Gasteiger partial charge on any atom is 0.251 e. The first-order valence-corrected chi connectivity index (χ1v) is 6.70. The molecule has 0 aromatic carbocycles. The Morgan fingerprint density at radius 3 is 2.53 bits per heavy atom. The number of piperazine rings is 1. The molecule has 1 aromatic rings. The summed E-state index contributed by atoms with van der Waals surface area (Å²) in [6.07, 6.45) is 2.76. The third-order valence-corrected chi connectivity index (χ3v) is 3.70. The molecule has 1 saturated heterocycles. The highest BCUT2D eigenvalue weighted by atomic mass is 16.3. The Bertz CT molecular complexity index is 414. The highest BCUT2D eigenvalue weighted by Crippen LogP contribution is 2.20. The van der Waals surface area contributed by atoms with Crippen LogP contribution in [0.2, 0.25) is 0 Å². The minimum absolute atomic E-state index is 0.173. The van der Waals surface area contributed by atoms with E-state index in [0.717, 1.165) is 13.1 Å². The smallest absolute Gasteiger partial charge is 0.251 e. The second-order valence-electron chi connectivity index (χ2n) is 5.00. The topological polar surface area (TPSA) is 56.7 Å². The molecule has 5 heteroatoms. The molecule has 2 unspecified atom stereocenters. The first-order chi connectivity index (χ1) is 9.09. The van der Waals surface area contributed by atoms with Gasteiger partial charge in [0, 0.05) is 44.6 Å². The summed E-state index contributed by atoms with van der Waals surface area (Å²) in [5, 5.41) is 9.31. The molecule has 1 aromatic heterocycles. The van der Waals surface area contributed by atoms with Crippen molar-refractivity contribution in [3.63, 3.8) is 0 Å². The van der Waals surface area contributed by atoms with Gasteiger partial charge in [-0.2, -0.15) is 0 Å². The van der Waals surface area contributed by atoms with Gasteiger partial charge in [0.1, 0.15) is 6.10 Å². The summed E-state index contributed by atoms with van der Waals surface area (Å²) in [7, 11) is 0. The van der Waals surface area contributed by atoms with Crippen molar-refractivity contribution in [2.75, 3.05) is 26.2 Å². The monoisotopic (exact) mass is 263 g/mol. The number of hydrogen-bond acceptors (Lipinski definition) is 4. The minimum atomic E-state index is -0.901. The molecule has 2 rings (SSSR count). The zero-order valence-electron chi connectivity index (χ0n) is 11.5. The van der Waals surface area contributed by atoms with Gasteiger partial charge in [0.15, 0.2) is 0 Å². The normalized spacial score (nSPS) is 20.1. The van der Waals surface area contributed by atoms with E-state index in [9.17, 15) is 9.90 Å². The standard InChI is InChI=1S/C14H21N3O2/c1-11(13-4-3-5-15-10-13)16-6-8-17(9-7-16)14(19)12(2)18/h3-5,10-12,18H,6-9H2,1-2H3. The molecule has 1 fully saturated rings. The minimum Gasteiger partial charge on any atom is -0.384 e. The van der Waals surface area contributed by atoms with Crippen LogP contribution >= 0.6 is 0 Å². The molecule has 0 saturated carbocycles. The highest BCUT2D eigenvalue weighted by molar-refractivity contribution is 5.80. The van der Waals surface area contributed by atoms with Crippen molar-refractivity contribution in [3.8, 4) is 0 Å².